The van der Waals surface area contributed by atoms with Crippen LogP contribution in [0.25, 0.3) is 11.9 Å². The molecule has 0 saturated heterocycles. The lowest BCUT2D eigenvalue weighted by molar-refractivity contribution is 0.170. The fourth-order valence-corrected chi connectivity index (χ4v) is 5.28. The van der Waals surface area contributed by atoms with Gasteiger partial charge in [0, 0.05) is 11.6 Å². The molecule has 0 saturated carbocycles. The van der Waals surface area contributed by atoms with Gasteiger partial charge in [0.05, 0.1) is 6.20 Å². The number of amidine groups is 1. The van der Waals surface area contributed by atoms with Crippen molar-refractivity contribution in [2.45, 2.75) is 36.6 Å². The van der Waals surface area contributed by atoms with Gasteiger partial charge < -0.3 is 15.2 Å². The summed E-state index contributed by atoms with van der Waals surface area (Å²) in [7, 11) is -4.46. The van der Waals surface area contributed by atoms with Crippen molar-refractivity contribution in [1.29, 1.82) is 0 Å². The zero-order valence-corrected chi connectivity index (χ0v) is 18.9. The number of alkyl halides is 1. The molecule has 1 aromatic carbocycles. The van der Waals surface area contributed by atoms with E-state index < -0.39 is 37.3 Å². The Bertz CT molecular complexity index is 1290. The molecular formula is C22H22F3N3O4S. The highest BCUT2D eigenvalue weighted by molar-refractivity contribution is 7.94. The maximum absolute atomic E-state index is 15.3. The van der Waals surface area contributed by atoms with Crippen LogP contribution < -0.4 is 15.2 Å². The molecule has 2 aromatic rings. The zero-order valence-electron chi connectivity index (χ0n) is 18.1. The third-order valence-corrected chi connectivity index (χ3v) is 8.53. The molecule has 1 unspecified atom stereocenters. The van der Waals surface area contributed by atoms with Crippen LogP contribution in [0.5, 0.6) is 11.5 Å². The van der Waals surface area contributed by atoms with Gasteiger partial charge in [-0.15, -0.1) is 0 Å². The van der Waals surface area contributed by atoms with Crippen LogP contribution in [0.1, 0.15) is 37.6 Å². The van der Waals surface area contributed by atoms with Gasteiger partial charge in [0.25, 0.3) is 0 Å². The molecule has 2 aliphatic rings. The minimum atomic E-state index is -4.46. The van der Waals surface area contributed by atoms with Crippen molar-refractivity contribution in [3.63, 3.8) is 0 Å². The summed E-state index contributed by atoms with van der Waals surface area (Å²) in [6.07, 6.45) is 2.39. The molecule has 3 heterocycles. The molecule has 2 aliphatic heterocycles. The van der Waals surface area contributed by atoms with E-state index in [1.807, 2.05) is 0 Å². The summed E-state index contributed by atoms with van der Waals surface area (Å²) in [4.78, 5) is 8.03. The smallest absolute Gasteiger partial charge is 0.230 e. The average molecular weight is 481 g/mol. The molecule has 0 spiro atoms. The van der Waals surface area contributed by atoms with Crippen molar-refractivity contribution in [2.24, 2.45) is 10.7 Å². The van der Waals surface area contributed by atoms with E-state index >= 15 is 4.39 Å². The Labute approximate surface area is 189 Å². The Balaban J connectivity index is 1.77. The van der Waals surface area contributed by atoms with E-state index in [1.165, 1.54) is 32.2 Å². The Hall–Kier alpha value is -3.08. The third kappa shape index (κ3) is 3.64. The largest absolute Gasteiger partial charge is 0.486 e. The highest BCUT2D eigenvalue weighted by Crippen LogP contribution is 2.44. The number of aromatic nitrogens is 1. The van der Waals surface area contributed by atoms with Crippen molar-refractivity contribution >= 4 is 27.6 Å². The number of ether oxygens (including phenoxy) is 2. The quantitative estimate of drug-likeness (QED) is 0.719. The number of pyridine rings is 1. The summed E-state index contributed by atoms with van der Waals surface area (Å²) < 4.78 is 79.5. The molecule has 0 aliphatic carbocycles. The number of benzene rings is 1. The maximum atomic E-state index is 15.3. The van der Waals surface area contributed by atoms with Crippen molar-refractivity contribution < 1.29 is 31.1 Å². The Morgan fingerprint density at radius 2 is 1.85 bits per heavy atom. The molecular weight excluding hydrogens is 459 g/mol. The minimum Gasteiger partial charge on any atom is -0.486 e. The molecule has 0 bridgehead atoms. The molecule has 11 heteroatoms. The van der Waals surface area contributed by atoms with Crippen molar-refractivity contribution in [3.8, 4) is 11.5 Å². The first-order valence-corrected chi connectivity index (χ1v) is 11.6. The van der Waals surface area contributed by atoms with Crippen molar-refractivity contribution in [3.05, 3.63) is 53.1 Å². The fourth-order valence-electron chi connectivity index (χ4n) is 3.64. The van der Waals surface area contributed by atoms with Crippen LogP contribution in [0, 0.1) is 5.82 Å². The van der Waals surface area contributed by atoms with E-state index in [0.717, 1.165) is 25.1 Å². The third-order valence-electron chi connectivity index (χ3n) is 5.90. The Morgan fingerprint density at radius 1 is 1.18 bits per heavy atom. The van der Waals surface area contributed by atoms with Gasteiger partial charge in [-0.1, -0.05) is 6.07 Å². The van der Waals surface area contributed by atoms with Gasteiger partial charge in [-0.05, 0) is 44.5 Å². The molecule has 4 rings (SSSR count). The van der Waals surface area contributed by atoms with Crippen LogP contribution in [0.2, 0.25) is 0 Å². The second-order valence-corrected chi connectivity index (χ2v) is 11.0. The van der Waals surface area contributed by atoms with Gasteiger partial charge in [0.15, 0.2) is 21.3 Å². The van der Waals surface area contributed by atoms with Gasteiger partial charge in [-0.25, -0.2) is 26.6 Å². The highest BCUT2D eigenvalue weighted by Gasteiger charge is 2.57. The number of hydrogen-bond donors (Lipinski definition) is 1. The van der Waals surface area contributed by atoms with Crippen LogP contribution in [0.3, 0.4) is 0 Å². The number of fused-ring (bicyclic) bond motifs is 1. The molecule has 1 aromatic heterocycles. The number of sulfone groups is 1. The molecule has 0 fully saturated rings. The predicted molar refractivity (Wildman–Crippen MR) is 117 cm³/mol. The van der Waals surface area contributed by atoms with E-state index in [9.17, 15) is 17.2 Å². The van der Waals surface area contributed by atoms with Crippen LogP contribution in [0.15, 0.2) is 35.5 Å². The number of hydrogen-bond acceptors (Lipinski definition) is 7. The summed E-state index contributed by atoms with van der Waals surface area (Å²) in [5.41, 5.74) is 0.849. The van der Waals surface area contributed by atoms with Crippen LogP contribution in [-0.2, 0) is 15.4 Å². The molecule has 176 valence electrons. The van der Waals surface area contributed by atoms with E-state index in [2.05, 4.69) is 9.98 Å². The fraction of sp³-hybridized carbons (Fsp3) is 0.364. The van der Waals surface area contributed by atoms with Crippen molar-refractivity contribution in [2.75, 3.05) is 13.2 Å². The number of nitrogens with two attached hydrogens (primary N) is 1. The predicted octanol–water partition coefficient (Wildman–Crippen LogP) is 3.53. The Morgan fingerprint density at radius 3 is 2.55 bits per heavy atom. The summed E-state index contributed by atoms with van der Waals surface area (Å²) in [5.74, 6) is -1.29. The standard InChI is InChI=1S/C22H22F3N3O4S/c1-21(2)20(26)28-22(3,19(25)33(21,29)30)13-8-12(4-5-14(13)23)9-15(24)16-10-17-18(11-27-16)32-7-6-31-17/h4-5,8-11,19H,6-7H2,1-3H3,(H2,26,28)/b15-9-/t19?,22-/m1/s1. The van der Waals surface area contributed by atoms with Gasteiger partial charge in [-0.3, -0.25) is 4.99 Å². The lowest BCUT2D eigenvalue weighted by atomic mass is 9.90. The molecule has 7 nitrogen and oxygen atoms in total. The molecule has 2 atom stereocenters. The maximum Gasteiger partial charge on any atom is 0.230 e. The minimum absolute atomic E-state index is 0.0519. The van der Waals surface area contributed by atoms with Crippen LogP contribution in [-0.4, -0.2) is 42.7 Å². The Kier molecular flexibility index (Phi) is 5.43. The summed E-state index contributed by atoms with van der Waals surface area (Å²) in [6.45, 7) is 4.29. The van der Waals surface area contributed by atoms with E-state index in [-0.39, 0.29) is 22.7 Å². The van der Waals surface area contributed by atoms with E-state index in [1.54, 1.807) is 0 Å². The van der Waals surface area contributed by atoms with Gasteiger partial charge in [0.1, 0.15) is 46.7 Å². The SMILES string of the molecule is CC1(C)C(N)=N[C@](C)(c2cc(/C=C(\F)c3cc4c(cn3)OCCO4)ccc2F)C(F)S1(=O)=O. The van der Waals surface area contributed by atoms with Gasteiger partial charge >= 0.3 is 0 Å². The summed E-state index contributed by atoms with van der Waals surface area (Å²) >= 11 is 0. The number of nitrogens with zero attached hydrogens (tertiary/aromatic N) is 2. The lowest BCUT2D eigenvalue weighted by Gasteiger charge is -2.40. The van der Waals surface area contributed by atoms with Crippen LogP contribution in [0.4, 0.5) is 13.2 Å². The zero-order chi connectivity index (χ0) is 24.2. The number of rotatable bonds is 3. The highest BCUT2D eigenvalue weighted by atomic mass is 32.2. The normalized spacial score (nSPS) is 25.9. The molecule has 0 radical (unpaired) electrons. The first-order valence-electron chi connectivity index (χ1n) is 10.0. The van der Waals surface area contributed by atoms with E-state index in [0.29, 0.717) is 24.7 Å². The average Bonchev–Trinajstić information content (AvgIpc) is 2.78. The first kappa shape index (κ1) is 23.1. The van der Waals surface area contributed by atoms with Crippen LogP contribution >= 0.6 is 0 Å². The van der Waals surface area contributed by atoms with Gasteiger partial charge in [0.2, 0.25) is 5.50 Å². The summed E-state index contributed by atoms with van der Waals surface area (Å²) in [6, 6.07) is 4.76. The second kappa shape index (κ2) is 7.75. The number of halogens is 3. The second-order valence-electron chi connectivity index (χ2n) is 8.46. The van der Waals surface area contributed by atoms with Crippen molar-refractivity contribution in [1.82, 2.24) is 4.98 Å². The monoisotopic (exact) mass is 481 g/mol. The molecule has 2 N–H and O–H groups in total. The molecule has 33 heavy (non-hydrogen) atoms. The van der Waals surface area contributed by atoms with E-state index in [4.69, 9.17) is 15.2 Å². The number of aliphatic imine (C=N–C) groups is 1. The summed E-state index contributed by atoms with van der Waals surface area (Å²) in [5, 5.41) is 0. The van der Waals surface area contributed by atoms with Gasteiger partial charge in [-0.2, -0.15) is 0 Å². The first-order chi connectivity index (χ1) is 15.4. The lowest BCUT2D eigenvalue weighted by Crippen LogP contribution is -2.58. The molecule has 0 amide bonds. The topological polar surface area (TPSA) is 104 Å².